The molecule has 32 heteroatoms. The monoisotopic (exact) mass is 1550 g/mol. The molecule has 0 heterocycles. The van der Waals surface area contributed by atoms with Crippen molar-refractivity contribution in [2.45, 2.75) is 0 Å². The molecule has 0 aliphatic heterocycles. The third-order valence-electron chi connectivity index (χ3n) is 0. The summed E-state index contributed by atoms with van der Waals surface area (Å²) in [6, 6.07) is 0. The van der Waals surface area contributed by atoms with Gasteiger partial charge in [-0.3, -0.25) is 0 Å². The Labute approximate surface area is 265 Å². The van der Waals surface area contributed by atoms with Crippen LogP contribution in [0.3, 0.4) is 0 Å². The standard InChI is InChI=1S/4AsH3O4.3Cu.6O.3U/c4*2-1(3,4)5;;;;;;;;;;;;/h4*(H3,2,3,4,5);;;;;;;;;;;;/q;;;;3*+2;;;;;;;3*+2/p-12. The molecular weight excluding hydrogens is 1560 g/mol. The molecule has 197 valence electrons. The molecular formula is As4Cu3O22U3. The van der Waals surface area contributed by atoms with Crippen LogP contribution < -0.4 is 49.1 Å². The normalized spacial score (nSPS) is 8.12. The summed E-state index contributed by atoms with van der Waals surface area (Å²) in [5.74, 6) is 0. The van der Waals surface area contributed by atoms with Crippen molar-refractivity contribution >= 4 is 58.1 Å². The topological polar surface area (TPSA) is 447 Å². The van der Waals surface area contributed by atoms with Crippen LogP contribution in [-0.2, 0) is 79.6 Å². The summed E-state index contributed by atoms with van der Waals surface area (Å²) in [7, 11) is 0. The molecule has 0 saturated carbocycles. The van der Waals surface area contributed by atoms with E-state index in [1.165, 1.54) is 0 Å². The first-order valence-electron chi connectivity index (χ1n) is 4.15. The van der Waals surface area contributed by atoms with Crippen LogP contribution in [0, 0.1) is 83.5 Å². The predicted molar refractivity (Wildman–Crippen MR) is 29.9 cm³/mol. The minimum absolute atomic E-state index is 0. The molecule has 0 amide bonds. The fourth-order valence-corrected chi connectivity index (χ4v) is 0. The Morgan fingerprint density at radius 1 is 0.312 bits per heavy atom. The van der Waals surface area contributed by atoms with Gasteiger partial charge in [0.25, 0.3) is 0 Å². The van der Waals surface area contributed by atoms with Gasteiger partial charge in [0.1, 0.15) is 0 Å². The zero-order valence-electron chi connectivity index (χ0n) is 13.2. The van der Waals surface area contributed by atoms with Crippen LogP contribution in [0.15, 0.2) is 0 Å². The van der Waals surface area contributed by atoms with Crippen molar-refractivity contribution in [3.05, 3.63) is 0 Å². The van der Waals surface area contributed by atoms with Gasteiger partial charge in [0.15, 0.2) is 0 Å². The molecule has 0 N–H and O–H groups in total. The Hall–Kier alpha value is 4.47. The average molecular weight is 1560 g/mol. The van der Waals surface area contributed by atoms with E-state index in [0.717, 1.165) is 0 Å². The van der Waals surface area contributed by atoms with Crippen LogP contribution in [0.1, 0.15) is 0 Å². The van der Waals surface area contributed by atoms with Gasteiger partial charge < -0.3 is 0 Å². The van der Waals surface area contributed by atoms with Gasteiger partial charge in [-0.1, -0.05) is 0 Å². The Morgan fingerprint density at radius 2 is 0.312 bits per heavy atom. The van der Waals surface area contributed by atoms with E-state index in [1.807, 2.05) is 0 Å². The molecule has 0 spiro atoms. The van der Waals surface area contributed by atoms with Crippen LogP contribution in [0.5, 0.6) is 0 Å². The molecule has 0 bridgehead atoms. The maximum absolute atomic E-state index is 8.61. The first-order chi connectivity index (χ1) is 12.2. The zero-order chi connectivity index (χ0) is 26.1. The van der Waals surface area contributed by atoms with Gasteiger partial charge in [-0.15, -0.1) is 0 Å². The maximum atomic E-state index is 8.61. The van der Waals surface area contributed by atoms with Crippen LogP contribution in [0.4, 0.5) is 0 Å². The molecule has 32 heavy (non-hydrogen) atoms. The van der Waals surface area contributed by atoms with E-state index in [0.29, 0.717) is 0 Å². The zero-order valence-corrected chi connectivity index (χ0v) is 36.0. The Bertz CT molecular complexity index is 504. The molecule has 22 nitrogen and oxygen atoms in total. The SMILES string of the molecule is O=[As]([O-])([O-])[O-].O=[As]([O-])([O-])[O-].O=[As]([O-])([O-])[O-].O=[As]([O-])([O-])[O-].[Cu+2].[Cu+2].[Cu+2].[O]=[U+2]=[O].[O]=[U+2]=[O].[O]=[U+2]=[O]. The average Bonchev–Trinajstić information content (AvgIpc) is 2.20. The Morgan fingerprint density at radius 3 is 0.312 bits per heavy atom. The number of hydrogen-bond acceptors (Lipinski definition) is 22. The van der Waals surface area contributed by atoms with Gasteiger partial charge in [-0.25, -0.2) is 0 Å². The Balaban J connectivity index is -0.0000000220. The van der Waals surface area contributed by atoms with E-state index in [1.54, 1.807) is 0 Å². The summed E-state index contributed by atoms with van der Waals surface area (Å²) in [5, 5.41) is 0. The van der Waals surface area contributed by atoms with E-state index in [4.69, 9.17) is 77.5 Å². The van der Waals surface area contributed by atoms with Crippen LogP contribution in [-0.4, -0.2) is 58.1 Å². The summed E-state index contributed by atoms with van der Waals surface area (Å²) in [5.41, 5.74) is 0. The molecule has 3 radical (unpaired) electrons. The molecule has 0 rings (SSSR count). The van der Waals surface area contributed by atoms with Crippen LogP contribution >= 0.6 is 0 Å². The van der Waals surface area contributed by atoms with E-state index in [-0.39, 0.29) is 51.2 Å². The molecule has 0 atom stereocenters. The summed E-state index contributed by atoms with van der Waals surface area (Å²) < 4.78 is 189. The predicted octanol–water partition coefficient (Wildman–Crippen LogP) is -17.0. The van der Waals surface area contributed by atoms with Crippen molar-refractivity contribution in [2.75, 3.05) is 0 Å². The van der Waals surface area contributed by atoms with Crippen molar-refractivity contribution in [3.63, 3.8) is 0 Å². The molecule has 0 aliphatic carbocycles. The van der Waals surface area contributed by atoms with Gasteiger partial charge in [0.2, 0.25) is 0 Å². The van der Waals surface area contributed by atoms with Crippen molar-refractivity contribution in [2.24, 2.45) is 0 Å². The summed E-state index contributed by atoms with van der Waals surface area (Å²) >= 11 is -31.0. The number of hydrogen-bond donors (Lipinski definition) is 0. The Kier molecular flexibility index (Phi) is 87.1. The van der Waals surface area contributed by atoms with Crippen molar-refractivity contribution in [1.82, 2.24) is 0 Å². The third kappa shape index (κ3) is 1930. The molecule has 0 unspecified atom stereocenters. The minimum atomic E-state index is -5.88. The molecule has 0 fully saturated rings. The fourth-order valence-electron chi connectivity index (χ4n) is 0. The van der Waals surface area contributed by atoms with E-state index >= 15 is 0 Å². The second-order valence-electron chi connectivity index (χ2n) is 2.04. The summed E-state index contributed by atoms with van der Waals surface area (Å²) in [4.78, 5) is 0. The molecule has 0 saturated heterocycles. The second-order valence-corrected chi connectivity index (χ2v) is 11.6. The first-order valence-corrected chi connectivity index (χ1v) is 26.6. The van der Waals surface area contributed by atoms with Crippen LogP contribution in [0.2, 0.25) is 0 Å². The fraction of sp³-hybridized carbons (Fsp3) is 0. The second kappa shape index (κ2) is 42.6. The third-order valence-corrected chi connectivity index (χ3v) is 0. The molecule has 0 aliphatic rings. The van der Waals surface area contributed by atoms with Crippen molar-refractivity contribution in [1.29, 1.82) is 0 Å². The van der Waals surface area contributed by atoms with E-state index < -0.39 is 142 Å². The van der Waals surface area contributed by atoms with Gasteiger partial charge in [-0.2, -0.15) is 0 Å². The van der Waals surface area contributed by atoms with Crippen LogP contribution in [0.25, 0.3) is 0 Å². The van der Waals surface area contributed by atoms with Crippen molar-refractivity contribution < 1.29 is 212 Å². The molecule has 0 aromatic carbocycles. The van der Waals surface area contributed by atoms with E-state index in [9.17, 15) is 0 Å². The molecule has 0 aromatic rings. The summed E-state index contributed by atoms with van der Waals surface area (Å²) in [6.07, 6.45) is 0. The number of rotatable bonds is 0. The van der Waals surface area contributed by atoms with Gasteiger partial charge in [0.05, 0.1) is 0 Å². The summed E-state index contributed by atoms with van der Waals surface area (Å²) in [6.45, 7) is 0. The first kappa shape index (κ1) is 65.5. The van der Waals surface area contributed by atoms with E-state index in [2.05, 4.69) is 0 Å². The molecule has 0 aromatic heterocycles. The van der Waals surface area contributed by atoms with Gasteiger partial charge in [0, 0.05) is 0 Å². The van der Waals surface area contributed by atoms with Crippen molar-refractivity contribution in [3.8, 4) is 0 Å². The van der Waals surface area contributed by atoms with Gasteiger partial charge >= 0.3 is 270 Å². The van der Waals surface area contributed by atoms with Gasteiger partial charge in [-0.05, 0) is 0 Å². The quantitative estimate of drug-likeness (QED) is 0.203.